The second kappa shape index (κ2) is 6.42. The lowest BCUT2D eigenvalue weighted by Crippen LogP contribution is -2.07. The molecule has 0 amide bonds. The smallest absolute Gasteiger partial charge is 0.149 e. The van der Waals surface area contributed by atoms with E-state index >= 15 is 0 Å². The van der Waals surface area contributed by atoms with Crippen molar-refractivity contribution in [3.63, 3.8) is 0 Å². The van der Waals surface area contributed by atoms with Gasteiger partial charge in [0.25, 0.3) is 0 Å². The molecular weight excluding hydrogens is 312 g/mol. The Morgan fingerprint density at radius 3 is 2.60 bits per heavy atom. The lowest BCUT2D eigenvalue weighted by molar-refractivity contribution is 0.651. The zero-order valence-electron chi connectivity index (χ0n) is 13.3. The predicted molar refractivity (Wildman–Crippen MR) is 95.3 cm³/mol. The Labute approximate surface area is 144 Å². The normalized spacial score (nSPS) is 10.5. The molecule has 6 heteroatoms. The highest BCUT2D eigenvalue weighted by Gasteiger charge is 2.16. The number of anilines is 2. The van der Waals surface area contributed by atoms with Crippen LogP contribution in [0.2, 0.25) is 0 Å². The van der Waals surface area contributed by atoms with Crippen LogP contribution in [0.3, 0.4) is 0 Å². The third kappa shape index (κ3) is 2.91. The van der Waals surface area contributed by atoms with Crippen LogP contribution in [0, 0.1) is 11.3 Å². The van der Waals surface area contributed by atoms with Crippen molar-refractivity contribution in [3.8, 4) is 6.07 Å². The van der Waals surface area contributed by atoms with E-state index < -0.39 is 0 Å². The lowest BCUT2D eigenvalue weighted by atomic mass is 10.0. The first-order chi connectivity index (χ1) is 12.3. The highest BCUT2D eigenvalue weighted by molar-refractivity contribution is 5.88. The molecule has 120 valence electrons. The van der Waals surface area contributed by atoms with Gasteiger partial charge < -0.3 is 5.32 Å². The molecule has 2 aromatic carbocycles. The largest absolute Gasteiger partial charge is 0.339 e. The van der Waals surface area contributed by atoms with Crippen molar-refractivity contribution in [2.45, 2.75) is 6.54 Å². The van der Waals surface area contributed by atoms with E-state index in [4.69, 9.17) is 0 Å². The van der Waals surface area contributed by atoms with Gasteiger partial charge in [0.15, 0.2) is 0 Å². The van der Waals surface area contributed by atoms with Gasteiger partial charge in [-0.2, -0.15) is 5.26 Å². The van der Waals surface area contributed by atoms with E-state index in [0.717, 1.165) is 22.2 Å². The van der Waals surface area contributed by atoms with Crippen LogP contribution in [-0.2, 0) is 6.54 Å². The van der Waals surface area contributed by atoms with Crippen LogP contribution in [0.1, 0.15) is 11.1 Å². The fourth-order valence-corrected chi connectivity index (χ4v) is 2.79. The first-order valence-electron chi connectivity index (χ1n) is 7.83. The third-order valence-corrected chi connectivity index (χ3v) is 3.94. The highest BCUT2D eigenvalue weighted by Crippen LogP contribution is 2.28. The van der Waals surface area contributed by atoms with Crippen molar-refractivity contribution in [1.29, 1.82) is 5.26 Å². The summed E-state index contributed by atoms with van der Waals surface area (Å²) in [7, 11) is 0. The summed E-state index contributed by atoms with van der Waals surface area (Å²) in [4.78, 5) is 4.65. The molecule has 0 aliphatic heterocycles. The Hall–Kier alpha value is -3.72. The molecule has 0 radical (unpaired) electrons. The quantitative estimate of drug-likeness (QED) is 0.621. The maximum Gasteiger partial charge on any atom is 0.149 e. The predicted octanol–water partition coefficient (Wildman–Crippen LogP) is 3.49. The van der Waals surface area contributed by atoms with Crippen LogP contribution in [0.5, 0.6) is 0 Å². The number of pyridine rings is 1. The minimum absolute atomic E-state index is 0.454. The molecule has 6 nitrogen and oxygen atoms in total. The van der Waals surface area contributed by atoms with Gasteiger partial charge in [-0.15, -0.1) is 5.10 Å². The summed E-state index contributed by atoms with van der Waals surface area (Å²) in [6.07, 6.45) is 3.40. The molecule has 4 rings (SSSR count). The molecule has 25 heavy (non-hydrogen) atoms. The van der Waals surface area contributed by atoms with E-state index in [0.29, 0.717) is 17.9 Å². The number of hydrogen-bond donors (Lipinski definition) is 1. The molecule has 0 saturated heterocycles. The Kier molecular flexibility index (Phi) is 3.81. The second-order valence-corrected chi connectivity index (χ2v) is 5.53. The Bertz CT molecular complexity index is 1050. The molecule has 0 atom stereocenters. The second-order valence-electron chi connectivity index (χ2n) is 5.53. The van der Waals surface area contributed by atoms with Crippen LogP contribution in [0.4, 0.5) is 11.5 Å². The van der Waals surface area contributed by atoms with Crippen molar-refractivity contribution >= 4 is 22.4 Å². The van der Waals surface area contributed by atoms with Gasteiger partial charge in [-0.05, 0) is 18.2 Å². The van der Waals surface area contributed by atoms with Crippen LogP contribution >= 0.6 is 0 Å². The molecule has 0 spiro atoms. The molecule has 1 N–H and O–H groups in total. The molecular formula is C19H14N6. The summed E-state index contributed by atoms with van der Waals surface area (Å²) in [5.74, 6) is 0.544. The molecule has 0 saturated carbocycles. The SMILES string of the molecule is N#Cc1c(Nc2ccccc2)nc2ccccc2c1Cn1ccnn1. The topological polar surface area (TPSA) is 79.4 Å². The van der Waals surface area contributed by atoms with Crippen LogP contribution in [0.25, 0.3) is 10.9 Å². The van der Waals surface area contributed by atoms with Gasteiger partial charge in [-0.25, -0.2) is 9.67 Å². The van der Waals surface area contributed by atoms with Crippen molar-refractivity contribution in [2.75, 3.05) is 5.32 Å². The molecule has 2 heterocycles. The van der Waals surface area contributed by atoms with Crippen LogP contribution in [-0.4, -0.2) is 20.0 Å². The highest BCUT2D eigenvalue weighted by atomic mass is 15.4. The van der Waals surface area contributed by atoms with Crippen molar-refractivity contribution in [2.24, 2.45) is 0 Å². The first kappa shape index (κ1) is 14.8. The first-order valence-corrected chi connectivity index (χ1v) is 7.83. The van der Waals surface area contributed by atoms with Gasteiger partial charge in [-0.3, -0.25) is 0 Å². The lowest BCUT2D eigenvalue weighted by Gasteiger charge is -2.14. The number of para-hydroxylation sites is 2. The molecule has 4 aromatic rings. The van der Waals surface area contributed by atoms with E-state index in [-0.39, 0.29) is 0 Å². The Balaban J connectivity index is 1.89. The Morgan fingerprint density at radius 1 is 1.04 bits per heavy atom. The van der Waals surface area contributed by atoms with Crippen LogP contribution < -0.4 is 5.32 Å². The molecule has 0 aliphatic carbocycles. The summed E-state index contributed by atoms with van der Waals surface area (Å²) >= 11 is 0. The molecule has 0 bridgehead atoms. The van der Waals surface area contributed by atoms with Crippen molar-refractivity contribution in [3.05, 3.63) is 78.1 Å². The van der Waals surface area contributed by atoms with Crippen LogP contribution in [0.15, 0.2) is 67.0 Å². The van der Waals surface area contributed by atoms with E-state index in [9.17, 15) is 5.26 Å². The maximum absolute atomic E-state index is 9.79. The standard InChI is InChI=1S/C19H14N6/c20-12-16-17(13-25-11-10-21-24-25)15-8-4-5-9-18(15)23-19(16)22-14-6-2-1-3-7-14/h1-11H,13H2,(H,22,23). The fraction of sp³-hybridized carbons (Fsp3) is 0.0526. The fourth-order valence-electron chi connectivity index (χ4n) is 2.79. The number of fused-ring (bicyclic) bond motifs is 1. The number of nitrogens with one attached hydrogen (secondary N) is 1. The summed E-state index contributed by atoms with van der Waals surface area (Å²) in [5, 5.41) is 21.9. The van der Waals surface area contributed by atoms with Gasteiger partial charge in [0, 0.05) is 22.8 Å². The minimum Gasteiger partial charge on any atom is -0.339 e. The van der Waals surface area contributed by atoms with Gasteiger partial charge in [0.1, 0.15) is 17.5 Å². The van der Waals surface area contributed by atoms with E-state index in [1.807, 2.05) is 54.6 Å². The number of rotatable bonds is 4. The Morgan fingerprint density at radius 2 is 1.84 bits per heavy atom. The monoisotopic (exact) mass is 326 g/mol. The summed E-state index contributed by atoms with van der Waals surface area (Å²) in [6.45, 7) is 0.454. The van der Waals surface area contributed by atoms with Gasteiger partial charge in [-0.1, -0.05) is 41.6 Å². The third-order valence-electron chi connectivity index (χ3n) is 3.94. The van der Waals surface area contributed by atoms with Crippen molar-refractivity contribution < 1.29 is 0 Å². The number of hydrogen-bond acceptors (Lipinski definition) is 5. The summed E-state index contributed by atoms with van der Waals surface area (Å²) in [5.41, 5.74) is 3.10. The van der Waals surface area contributed by atoms with Crippen molar-refractivity contribution in [1.82, 2.24) is 20.0 Å². The number of benzene rings is 2. The molecule has 2 aromatic heterocycles. The average molecular weight is 326 g/mol. The van der Waals surface area contributed by atoms with E-state index in [2.05, 4.69) is 26.7 Å². The zero-order chi connectivity index (χ0) is 17.1. The molecule has 0 unspecified atom stereocenters. The zero-order valence-corrected chi connectivity index (χ0v) is 13.3. The van der Waals surface area contributed by atoms with Gasteiger partial charge in [0.05, 0.1) is 18.3 Å². The summed E-state index contributed by atoms with van der Waals surface area (Å²) < 4.78 is 1.70. The maximum atomic E-state index is 9.79. The van der Waals surface area contributed by atoms with Gasteiger partial charge in [0.2, 0.25) is 0 Å². The number of nitriles is 1. The van der Waals surface area contributed by atoms with Gasteiger partial charge >= 0.3 is 0 Å². The van der Waals surface area contributed by atoms with E-state index in [1.165, 1.54) is 0 Å². The number of aromatic nitrogens is 4. The molecule has 0 fully saturated rings. The number of nitrogens with zero attached hydrogens (tertiary/aromatic N) is 5. The average Bonchev–Trinajstić information content (AvgIpc) is 3.16. The summed E-state index contributed by atoms with van der Waals surface area (Å²) in [6, 6.07) is 19.8. The molecule has 0 aliphatic rings. The minimum atomic E-state index is 0.454. The van der Waals surface area contributed by atoms with E-state index in [1.54, 1.807) is 17.1 Å².